The molecule has 1 amide bonds. The zero-order valence-corrected chi connectivity index (χ0v) is 16.9. The minimum absolute atomic E-state index is 0.0931. The molecule has 0 saturated carbocycles. The molecule has 1 aliphatic rings. The Morgan fingerprint density at radius 2 is 1.84 bits per heavy atom. The normalized spacial score (nSPS) is 15.8. The van der Waals surface area contributed by atoms with Crippen molar-refractivity contribution in [2.24, 2.45) is 0 Å². The van der Waals surface area contributed by atoms with Gasteiger partial charge >= 0.3 is 0 Å². The highest BCUT2D eigenvalue weighted by molar-refractivity contribution is 6.06. The summed E-state index contributed by atoms with van der Waals surface area (Å²) in [6.45, 7) is 1.22. The van der Waals surface area contributed by atoms with E-state index in [1.165, 1.54) is 0 Å². The van der Waals surface area contributed by atoms with Crippen molar-refractivity contribution < 1.29 is 18.7 Å². The third-order valence-electron chi connectivity index (χ3n) is 5.26. The highest BCUT2D eigenvalue weighted by Crippen LogP contribution is 2.26. The Bertz CT molecular complexity index is 1160. The summed E-state index contributed by atoms with van der Waals surface area (Å²) in [6, 6.07) is 22.3. The molecule has 1 fully saturated rings. The second kappa shape index (κ2) is 8.62. The number of amides is 1. The number of ether oxygens (including phenoxy) is 2. The van der Waals surface area contributed by atoms with Gasteiger partial charge in [0.15, 0.2) is 5.58 Å². The predicted octanol–water partition coefficient (Wildman–Crippen LogP) is 5.30. The lowest BCUT2D eigenvalue weighted by atomic mass is 10.1. The summed E-state index contributed by atoms with van der Waals surface area (Å²) in [4.78, 5) is 17.4. The Morgan fingerprint density at radius 3 is 2.65 bits per heavy atom. The van der Waals surface area contributed by atoms with Crippen LogP contribution in [-0.2, 0) is 4.74 Å². The molecule has 156 valence electrons. The van der Waals surface area contributed by atoms with Crippen molar-refractivity contribution >= 4 is 22.7 Å². The first kappa shape index (κ1) is 19.3. The summed E-state index contributed by atoms with van der Waals surface area (Å²) < 4.78 is 17.3. The lowest BCUT2D eigenvalue weighted by molar-refractivity contribution is 0.0673. The number of para-hydroxylation sites is 3. The number of hydrogen-bond donors (Lipinski definition) is 1. The van der Waals surface area contributed by atoms with Gasteiger partial charge in [0, 0.05) is 17.9 Å². The van der Waals surface area contributed by atoms with Gasteiger partial charge in [-0.2, -0.15) is 0 Å². The molecule has 6 heteroatoms. The molecular weight excluding hydrogens is 392 g/mol. The Labute approximate surface area is 179 Å². The number of carbonyl (C=O) groups excluding carboxylic acids is 1. The zero-order valence-electron chi connectivity index (χ0n) is 16.9. The smallest absolute Gasteiger partial charge is 0.259 e. The quantitative estimate of drug-likeness (QED) is 0.463. The van der Waals surface area contributed by atoms with Crippen molar-refractivity contribution in [1.82, 2.24) is 4.98 Å². The van der Waals surface area contributed by atoms with Crippen molar-refractivity contribution in [1.29, 1.82) is 0 Å². The van der Waals surface area contributed by atoms with Crippen LogP contribution >= 0.6 is 0 Å². The van der Waals surface area contributed by atoms with E-state index in [2.05, 4.69) is 10.3 Å². The summed E-state index contributed by atoms with van der Waals surface area (Å²) in [7, 11) is 0. The number of nitrogens with one attached hydrogen (secondary N) is 1. The van der Waals surface area contributed by atoms with Gasteiger partial charge in [-0.15, -0.1) is 0 Å². The van der Waals surface area contributed by atoms with Crippen molar-refractivity contribution in [3.63, 3.8) is 0 Å². The molecule has 3 aromatic carbocycles. The van der Waals surface area contributed by atoms with Gasteiger partial charge in [-0.3, -0.25) is 4.79 Å². The molecule has 1 aromatic heterocycles. The van der Waals surface area contributed by atoms with Gasteiger partial charge in [-0.1, -0.05) is 24.3 Å². The molecular formula is C25H22N2O4. The molecule has 0 bridgehead atoms. The van der Waals surface area contributed by atoms with Crippen LogP contribution < -0.4 is 10.1 Å². The molecule has 2 heterocycles. The molecule has 5 rings (SSSR count). The average molecular weight is 414 g/mol. The van der Waals surface area contributed by atoms with Crippen LogP contribution in [0.4, 0.5) is 5.69 Å². The summed E-state index contributed by atoms with van der Waals surface area (Å²) in [5.74, 6) is 0.878. The summed E-state index contributed by atoms with van der Waals surface area (Å²) in [5.41, 5.74) is 3.57. The average Bonchev–Trinajstić information content (AvgIpc) is 3.48. The van der Waals surface area contributed by atoms with Crippen LogP contribution in [0.2, 0.25) is 0 Å². The largest absolute Gasteiger partial charge is 0.490 e. The van der Waals surface area contributed by atoms with E-state index in [1.807, 2.05) is 60.7 Å². The van der Waals surface area contributed by atoms with E-state index < -0.39 is 0 Å². The maximum absolute atomic E-state index is 12.9. The van der Waals surface area contributed by atoms with Crippen LogP contribution in [0, 0.1) is 0 Å². The predicted molar refractivity (Wildman–Crippen MR) is 118 cm³/mol. The van der Waals surface area contributed by atoms with Crippen molar-refractivity contribution in [3.05, 3.63) is 78.4 Å². The van der Waals surface area contributed by atoms with Crippen LogP contribution in [0.15, 0.2) is 77.2 Å². The first-order chi connectivity index (χ1) is 15.3. The molecule has 1 saturated heterocycles. The van der Waals surface area contributed by atoms with E-state index in [0.29, 0.717) is 29.5 Å². The van der Waals surface area contributed by atoms with Gasteiger partial charge in [0.05, 0.1) is 11.7 Å². The Morgan fingerprint density at radius 1 is 1.03 bits per heavy atom. The van der Waals surface area contributed by atoms with Crippen LogP contribution in [0.3, 0.4) is 0 Å². The molecule has 1 N–H and O–H groups in total. The first-order valence-electron chi connectivity index (χ1n) is 10.4. The molecule has 6 nitrogen and oxygen atoms in total. The van der Waals surface area contributed by atoms with Crippen LogP contribution in [0.5, 0.6) is 5.75 Å². The van der Waals surface area contributed by atoms with Gasteiger partial charge in [0.25, 0.3) is 5.91 Å². The Balaban J connectivity index is 1.28. The lowest BCUT2D eigenvalue weighted by Gasteiger charge is -2.14. The molecule has 31 heavy (non-hydrogen) atoms. The Kier molecular flexibility index (Phi) is 5.37. The monoisotopic (exact) mass is 414 g/mol. The van der Waals surface area contributed by atoms with E-state index in [4.69, 9.17) is 13.9 Å². The molecule has 0 spiro atoms. The number of oxazole rings is 1. The summed E-state index contributed by atoms with van der Waals surface area (Å²) >= 11 is 0. The molecule has 1 aliphatic heterocycles. The van der Waals surface area contributed by atoms with E-state index in [-0.39, 0.29) is 12.0 Å². The number of nitrogens with zero attached hydrogens (tertiary/aromatic N) is 1. The number of hydrogen-bond acceptors (Lipinski definition) is 5. The number of carbonyl (C=O) groups is 1. The third kappa shape index (κ3) is 4.29. The maximum atomic E-state index is 12.9. The fourth-order valence-corrected chi connectivity index (χ4v) is 3.63. The molecule has 0 aliphatic carbocycles. The number of aromatic nitrogens is 1. The van der Waals surface area contributed by atoms with E-state index in [9.17, 15) is 4.79 Å². The van der Waals surface area contributed by atoms with Crippen molar-refractivity contribution in [2.75, 3.05) is 18.5 Å². The van der Waals surface area contributed by atoms with E-state index in [0.717, 1.165) is 36.1 Å². The second-order valence-corrected chi connectivity index (χ2v) is 7.46. The summed E-state index contributed by atoms with van der Waals surface area (Å²) in [6.07, 6.45) is 2.13. The number of rotatable bonds is 6. The lowest BCUT2D eigenvalue weighted by Crippen LogP contribution is -2.19. The van der Waals surface area contributed by atoms with Gasteiger partial charge in [0.2, 0.25) is 5.89 Å². The second-order valence-electron chi connectivity index (χ2n) is 7.46. The van der Waals surface area contributed by atoms with Gasteiger partial charge in [-0.25, -0.2) is 4.98 Å². The van der Waals surface area contributed by atoms with E-state index >= 15 is 0 Å². The Hall–Kier alpha value is -3.64. The zero-order chi connectivity index (χ0) is 21.0. The minimum atomic E-state index is -0.224. The highest BCUT2D eigenvalue weighted by atomic mass is 16.5. The van der Waals surface area contributed by atoms with Crippen LogP contribution in [0.1, 0.15) is 23.2 Å². The number of anilines is 1. The fourth-order valence-electron chi connectivity index (χ4n) is 3.63. The summed E-state index contributed by atoms with van der Waals surface area (Å²) in [5, 5.41) is 2.93. The molecule has 0 radical (unpaired) electrons. The number of benzene rings is 3. The standard InChI is InChI=1S/C25H22N2O4/c28-24(20-7-1-3-9-22(20)30-16-19-6-5-15-29-19)26-18-13-11-17(12-14-18)25-27-21-8-2-4-10-23(21)31-25/h1-4,7-14,19H,5-6,15-16H2,(H,26,28). The van der Waals surface area contributed by atoms with Gasteiger partial charge < -0.3 is 19.2 Å². The highest BCUT2D eigenvalue weighted by Gasteiger charge is 2.18. The van der Waals surface area contributed by atoms with Crippen molar-refractivity contribution in [2.45, 2.75) is 18.9 Å². The molecule has 1 unspecified atom stereocenters. The molecule has 4 aromatic rings. The number of fused-ring (bicyclic) bond motifs is 1. The molecule has 1 atom stereocenters. The maximum Gasteiger partial charge on any atom is 0.259 e. The SMILES string of the molecule is O=C(Nc1ccc(-c2nc3ccccc3o2)cc1)c1ccccc1OCC1CCCO1. The van der Waals surface area contributed by atoms with Gasteiger partial charge in [0.1, 0.15) is 17.9 Å². The minimum Gasteiger partial charge on any atom is -0.490 e. The van der Waals surface area contributed by atoms with Crippen LogP contribution in [-0.4, -0.2) is 30.2 Å². The first-order valence-corrected chi connectivity index (χ1v) is 10.4. The van der Waals surface area contributed by atoms with Gasteiger partial charge in [-0.05, 0) is 61.4 Å². The topological polar surface area (TPSA) is 73.6 Å². The van der Waals surface area contributed by atoms with Crippen LogP contribution in [0.25, 0.3) is 22.6 Å². The fraction of sp³-hybridized carbons (Fsp3) is 0.200. The van der Waals surface area contributed by atoms with E-state index in [1.54, 1.807) is 12.1 Å². The third-order valence-corrected chi connectivity index (χ3v) is 5.26. The van der Waals surface area contributed by atoms with Crippen molar-refractivity contribution in [3.8, 4) is 17.2 Å².